The Bertz CT molecular complexity index is 1280. The van der Waals surface area contributed by atoms with Gasteiger partial charge in [-0.2, -0.15) is 0 Å². The molecule has 0 spiro atoms. The Kier molecular flexibility index (Phi) is 80.1. The van der Waals surface area contributed by atoms with Gasteiger partial charge in [-0.15, -0.1) is 0 Å². The molecule has 0 saturated carbocycles. The van der Waals surface area contributed by atoms with E-state index < -0.39 is 6.10 Å². The van der Waals surface area contributed by atoms with Crippen molar-refractivity contribution in [1.82, 2.24) is 0 Å². The number of carbonyl (C=O) groups excluding carboxylic acids is 2. The highest BCUT2D eigenvalue weighted by Gasteiger charge is 2.16. The third kappa shape index (κ3) is 79.3. The van der Waals surface area contributed by atoms with Crippen LogP contribution in [0.2, 0.25) is 0 Å². The van der Waals surface area contributed by atoms with Crippen molar-refractivity contribution in [2.24, 2.45) is 0 Å². The molecule has 0 aliphatic carbocycles. The van der Waals surface area contributed by atoms with Crippen LogP contribution in [0.3, 0.4) is 0 Å². The molecule has 1 N–H and O–H groups in total. The van der Waals surface area contributed by atoms with Gasteiger partial charge in [0.1, 0.15) is 6.61 Å². The number of ether oxygens (including phenoxy) is 2. The molecule has 0 bridgehead atoms. The van der Waals surface area contributed by atoms with Gasteiger partial charge in [0, 0.05) is 12.8 Å². The molecule has 5 heteroatoms. The molecule has 0 rings (SSSR count). The fourth-order valence-corrected chi connectivity index (χ4v) is 13.9. The molecule has 0 saturated heterocycles. The Balaban J connectivity index is 3.32. The van der Waals surface area contributed by atoms with Crippen molar-refractivity contribution in [3.8, 4) is 0 Å². The van der Waals surface area contributed by atoms with Gasteiger partial charge in [0.15, 0.2) is 6.10 Å². The standard InChI is InChI=1S/C84H166O5/c1-3-5-7-9-11-13-15-17-19-21-23-25-27-29-31-33-35-37-39-41-42-43-45-47-49-51-53-55-57-59-61-63-65-67-69-71-73-75-77-79-84(87)89-82(80-85)81-88-83(86)78-76-74-72-70-68-66-64-62-60-58-56-54-52-50-48-46-44-40-38-36-34-32-30-28-26-24-22-20-18-16-14-12-10-8-6-4-2/h82,85H,3-81H2,1-2H3. The first-order valence-electron chi connectivity index (χ1n) is 42.1. The first-order chi connectivity index (χ1) is 44.1. The molecule has 532 valence electrons. The quantitative estimate of drug-likeness (QED) is 0.0485. The molecule has 0 aliphatic heterocycles. The Hall–Kier alpha value is -1.10. The molecule has 0 amide bonds. The van der Waals surface area contributed by atoms with Crippen LogP contribution < -0.4 is 0 Å². The van der Waals surface area contributed by atoms with Crippen LogP contribution in [0.5, 0.6) is 0 Å². The van der Waals surface area contributed by atoms with Gasteiger partial charge in [-0.3, -0.25) is 9.59 Å². The lowest BCUT2D eigenvalue weighted by molar-refractivity contribution is -0.161. The molecule has 0 fully saturated rings. The van der Waals surface area contributed by atoms with E-state index in [1.807, 2.05) is 0 Å². The van der Waals surface area contributed by atoms with Crippen LogP contribution in [-0.2, 0) is 19.1 Å². The summed E-state index contributed by atoms with van der Waals surface area (Å²) in [5.41, 5.74) is 0. The highest BCUT2D eigenvalue weighted by Crippen LogP contribution is 2.21. The van der Waals surface area contributed by atoms with E-state index in [1.54, 1.807) is 0 Å². The maximum Gasteiger partial charge on any atom is 0.306 e. The molecule has 0 radical (unpaired) electrons. The normalized spacial score (nSPS) is 12.0. The van der Waals surface area contributed by atoms with Crippen LogP contribution in [0.25, 0.3) is 0 Å². The monoisotopic (exact) mass is 1260 g/mol. The van der Waals surface area contributed by atoms with Gasteiger partial charge in [-0.25, -0.2) is 0 Å². The zero-order chi connectivity index (χ0) is 64.0. The fourth-order valence-electron chi connectivity index (χ4n) is 13.9. The van der Waals surface area contributed by atoms with Gasteiger partial charge in [0.2, 0.25) is 0 Å². The van der Waals surface area contributed by atoms with Crippen molar-refractivity contribution >= 4 is 11.9 Å². The van der Waals surface area contributed by atoms with E-state index >= 15 is 0 Å². The van der Waals surface area contributed by atoms with Gasteiger partial charge in [-0.1, -0.05) is 483 Å². The second-order valence-electron chi connectivity index (χ2n) is 29.3. The fraction of sp³-hybridized carbons (Fsp3) is 0.976. The molecule has 89 heavy (non-hydrogen) atoms. The van der Waals surface area contributed by atoms with E-state index in [4.69, 9.17) is 9.47 Å². The molecule has 5 nitrogen and oxygen atoms in total. The molecule has 0 aliphatic rings. The highest BCUT2D eigenvalue weighted by molar-refractivity contribution is 5.70. The van der Waals surface area contributed by atoms with Crippen molar-refractivity contribution in [3.05, 3.63) is 0 Å². The smallest absolute Gasteiger partial charge is 0.306 e. The number of rotatable bonds is 81. The van der Waals surface area contributed by atoms with Gasteiger partial charge in [-0.05, 0) is 12.8 Å². The number of carbonyl (C=O) groups is 2. The summed E-state index contributed by atoms with van der Waals surface area (Å²) < 4.78 is 10.8. The number of aliphatic hydroxyl groups excluding tert-OH is 1. The van der Waals surface area contributed by atoms with Gasteiger partial charge in [0.05, 0.1) is 6.61 Å². The number of aliphatic hydroxyl groups is 1. The Morgan fingerprint density at radius 1 is 0.213 bits per heavy atom. The topological polar surface area (TPSA) is 72.8 Å². The summed E-state index contributed by atoms with van der Waals surface area (Å²) in [6.45, 7) is 4.24. The van der Waals surface area contributed by atoms with Crippen LogP contribution in [0.4, 0.5) is 0 Å². The summed E-state index contributed by atoms with van der Waals surface area (Å²) in [4.78, 5) is 24.7. The summed E-state index contributed by atoms with van der Waals surface area (Å²) in [6, 6.07) is 0. The predicted octanol–water partition coefficient (Wildman–Crippen LogP) is 29.5. The van der Waals surface area contributed by atoms with Crippen molar-refractivity contribution in [2.75, 3.05) is 13.2 Å². The third-order valence-electron chi connectivity index (χ3n) is 20.2. The Morgan fingerprint density at radius 2 is 0.348 bits per heavy atom. The van der Waals surface area contributed by atoms with Gasteiger partial charge < -0.3 is 14.6 Å². The average Bonchev–Trinajstić information content (AvgIpc) is 3.55. The van der Waals surface area contributed by atoms with E-state index in [-0.39, 0.29) is 25.2 Å². The first kappa shape index (κ1) is 87.9. The summed E-state index contributed by atoms with van der Waals surface area (Å²) in [6.07, 6.45) is 105. The van der Waals surface area contributed by atoms with Crippen LogP contribution in [0.15, 0.2) is 0 Å². The first-order valence-corrected chi connectivity index (χ1v) is 42.1. The Morgan fingerprint density at radius 3 is 0.494 bits per heavy atom. The number of hydrogen-bond acceptors (Lipinski definition) is 5. The SMILES string of the molecule is CCCCCCCCCCCCCCCCCCCCCCCCCCCCCCCCCCCCCCCCCC(=O)OC(CO)COC(=O)CCCCCCCCCCCCCCCCCCCCCCCCCCCCCCCCCCCCCC. The van der Waals surface area contributed by atoms with Crippen LogP contribution in [0, 0.1) is 0 Å². The average molecular weight is 1260 g/mol. The minimum absolute atomic E-state index is 0.0550. The third-order valence-corrected chi connectivity index (χ3v) is 20.2. The molecular weight excluding hydrogens is 1090 g/mol. The minimum atomic E-state index is -0.767. The summed E-state index contributed by atoms with van der Waals surface area (Å²) in [5.74, 6) is -0.554. The van der Waals surface area contributed by atoms with Gasteiger partial charge >= 0.3 is 11.9 Å². The van der Waals surface area contributed by atoms with Crippen molar-refractivity contribution in [1.29, 1.82) is 0 Å². The van der Waals surface area contributed by atoms with Crippen molar-refractivity contribution in [2.45, 2.75) is 514 Å². The molecule has 0 aromatic heterocycles. The van der Waals surface area contributed by atoms with Crippen LogP contribution in [-0.4, -0.2) is 36.4 Å². The summed E-state index contributed by atoms with van der Waals surface area (Å²) in [5, 5.41) is 9.74. The van der Waals surface area contributed by atoms with Crippen LogP contribution >= 0.6 is 0 Å². The van der Waals surface area contributed by atoms with E-state index in [1.165, 1.54) is 449 Å². The van der Waals surface area contributed by atoms with E-state index in [2.05, 4.69) is 13.8 Å². The number of unbranched alkanes of at least 4 members (excludes halogenated alkanes) is 73. The molecule has 0 aromatic carbocycles. The second-order valence-corrected chi connectivity index (χ2v) is 29.3. The zero-order valence-corrected chi connectivity index (χ0v) is 61.5. The van der Waals surface area contributed by atoms with Gasteiger partial charge in [0.25, 0.3) is 0 Å². The molecular formula is C84H166O5. The highest BCUT2D eigenvalue weighted by atomic mass is 16.6. The minimum Gasteiger partial charge on any atom is -0.462 e. The lowest BCUT2D eigenvalue weighted by atomic mass is 10.0. The number of hydrogen-bond donors (Lipinski definition) is 1. The van der Waals surface area contributed by atoms with Crippen molar-refractivity contribution < 1.29 is 24.2 Å². The van der Waals surface area contributed by atoms with E-state index in [0.29, 0.717) is 12.8 Å². The van der Waals surface area contributed by atoms with E-state index in [9.17, 15) is 14.7 Å². The Labute approximate surface area is 560 Å². The maximum absolute atomic E-state index is 12.4. The molecule has 0 heterocycles. The largest absolute Gasteiger partial charge is 0.462 e. The lowest BCUT2D eigenvalue weighted by Crippen LogP contribution is -2.28. The molecule has 1 unspecified atom stereocenters. The zero-order valence-electron chi connectivity index (χ0n) is 61.5. The van der Waals surface area contributed by atoms with Crippen LogP contribution in [0.1, 0.15) is 508 Å². The van der Waals surface area contributed by atoms with Crippen molar-refractivity contribution in [3.63, 3.8) is 0 Å². The molecule has 0 aromatic rings. The maximum atomic E-state index is 12.4. The van der Waals surface area contributed by atoms with E-state index in [0.717, 1.165) is 32.1 Å². The molecule has 1 atom stereocenters. The number of esters is 2. The second kappa shape index (κ2) is 81.1. The summed E-state index contributed by atoms with van der Waals surface area (Å²) >= 11 is 0. The lowest BCUT2D eigenvalue weighted by Gasteiger charge is -2.15. The predicted molar refractivity (Wildman–Crippen MR) is 395 cm³/mol. The summed E-state index contributed by atoms with van der Waals surface area (Å²) in [7, 11) is 0.